The Morgan fingerprint density at radius 2 is 1.50 bits per heavy atom. The summed E-state index contributed by atoms with van der Waals surface area (Å²) in [6.45, 7) is 24.6. The number of aliphatic hydroxyl groups excluding tert-OH is 2. The Morgan fingerprint density at radius 3 is 2.03 bits per heavy atom. The van der Waals surface area contributed by atoms with Crippen LogP contribution in [0.15, 0.2) is 30.3 Å². The molecule has 0 saturated carbocycles. The van der Waals surface area contributed by atoms with Crippen LogP contribution in [-0.2, 0) is 46.1 Å². The SMILES string of the molecule is COc1ccc(CO[C@H]2CC(O[Si](C)(C)C(C)(C)C)C(=O)c3c2c(CO)c2cc(C)c(C4OC5(C(CO)OC)OC4C(=O)[C@@]54CO4)c4c2c3O[Si](C(C)(C)C)(C(C)(C)C)O4)cc1. The van der Waals surface area contributed by atoms with Gasteiger partial charge < -0.3 is 51.9 Å². The zero-order chi connectivity index (χ0) is 45.3. The molecule has 3 saturated heterocycles. The summed E-state index contributed by atoms with van der Waals surface area (Å²) in [5, 5.41) is 21.8. The third-order valence-corrected chi connectivity index (χ3v) is 23.8. The highest BCUT2D eigenvalue weighted by atomic mass is 28.4. The van der Waals surface area contributed by atoms with Crippen LogP contribution >= 0.6 is 0 Å². The van der Waals surface area contributed by atoms with Crippen LogP contribution in [0.5, 0.6) is 17.2 Å². The Labute approximate surface area is 367 Å². The molecule has 3 fully saturated rings. The van der Waals surface area contributed by atoms with Crippen molar-refractivity contribution in [1.82, 2.24) is 0 Å². The van der Waals surface area contributed by atoms with Crippen molar-refractivity contribution in [3.05, 3.63) is 63.7 Å². The van der Waals surface area contributed by atoms with E-state index in [0.29, 0.717) is 50.1 Å². The predicted molar refractivity (Wildman–Crippen MR) is 236 cm³/mol. The summed E-state index contributed by atoms with van der Waals surface area (Å²) in [7, 11) is -3.11. The first-order chi connectivity index (χ1) is 28.9. The van der Waals surface area contributed by atoms with Crippen LogP contribution in [0.2, 0.25) is 28.2 Å². The van der Waals surface area contributed by atoms with Crippen molar-refractivity contribution in [1.29, 1.82) is 0 Å². The Morgan fingerprint density at radius 1 is 0.887 bits per heavy atom. The van der Waals surface area contributed by atoms with Gasteiger partial charge in [0, 0.05) is 34.7 Å². The van der Waals surface area contributed by atoms with E-state index in [9.17, 15) is 15.0 Å². The van der Waals surface area contributed by atoms with Gasteiger partial charge in [0.2, 0.25) is 17.2 Å². The molecule has 2 bridgehead atoms. The maximum atomic E-state index is 15.6. The number of methoxy groups -OCH3 is 2. The minimum atomic E-state index is -3.61. The number of benzene rings is 3. The van der Waals surface area contributed by atoms with Gasteiger partial charge in [-0.3, -0.25) is 9.59 Å². The summed E-state index contributed by atoms with van der Waals surface area (Å²) in [4.78, 5) is 29.9. The summed E-state index contributed by atoms with van der Waals surface area (Å²) >= 11 is 0. The van der Waals surface area contributed by atoms with Gasteiger partial charge in [0.15, 0.2) is 20.2 Å². The summed E-state index contributed by atoms with van der Waals surface area (Å²) in [6, 6.07) is 9.60. The number of fused-ring (bicyclic) bond motifs is 5. The number of ether oxygens (including phenoxy) is 6. The first-order valence-electron chi connectivity index (χ1n) is 21.7. The first kappa shape index (κ1) is 45.3. The van der Waals surface area contributed by atoms with Crippen molar-refractivity contribution < 1.29 is 61.5 Å². The van der Waals surface area contributed by atoms with Gasteiger partial charge in [-0.15, -0.1) is 0 Å². The molecule has 4 aliphatic heterocycles. The lowest BCUT2D eigenvalue weighted by Crippen LogP contribution is -2.64. The number of Topliss-reactive ketones (excluding diaryl/α,β-unsaturated/α-hetero) is 2. The number of carbonyl (C=O) groups is 2. The molecule has 1 aliphatic carbocycles. The van der Waals surface area contributed by atoms with Crippen LogP contribution in [0.4, 0.5) is 0 Å². The monoisotopic (exact) mass is 892 g/mol. The van der Waals surface area contributed by atoms with Crippen LogP contribution in [0, 0.1) is 6.92 Å². The number of aryl methyl sites for hydroxylation is 1. The quantitative estimate of drug-likeness (QED) is 0.140. The molecule has 0 aromatic heterocycles. The van der Waals surface area contributed by atoms with E-state index in [-0.39, 0.29) is 36.2 Å². The molecule has 338 valence electrons. The van der Waals surface area contributed by atoms with Crippen molar-refractivity contribution in [3.63, 3.8) is 0 Å². The van der Waals surface area contributed by atoms with E-state index < -0.39 is 82.1 Å². The van der Waals surface area contributed by atoms with Crippen molar-refractivity contribution >= 4 is 39.2 Å². The second-order valence-corrected chi connectivity index (χ2v) is 30.6. The lowest BCUT2D eigenvalue weighted by molar-refractivity contribution is -0.259. The zero-order valence-electron chi connectivity index (χ0n) is 38.7. The fourth-order valence-electron chi connectivity index (χ4n) is 10.2. The van der Waals surface area contributed by atoms with Crippen LogP contribution in [0.3, 0.4) is 0 Å². The summed E-state index contributed by atoms with van der Waals surface area (Å²) < 4.78 is 59.2. The molecule has 15 heteroatoms. The standard InChI is InChI=1S/C47H64O13Si2/c1-25-19-28-29(21-48)34-30(54-23-26-15-17-27(52-11)18-16-26)20-31(58-61(13,14)43(2,3)4)37(50)36(34)39-35(28)38(59-62(60-39,44(5,6)7)45(8,9)10)33(25)40-41-42(51)46(24-55-46)47(56-40,57-41)32(22-49)53-12/h15-19,30-32,40-41,48-49H,20-24H2,1-14H3/t30-,31?,32?,40?,41?,46-,47?/m0/s1. The molecule has 62 heavy (non-hydrogen) atoms. The Balaban J connectivity index is 1.41. The molecule has 3 aromatic carbocycles. The van der Waals surface area contributed by atoms with Crippen LogP contribution in [0.25, 0.3) is 10.8 Å². The molecule has 3 aromatic rings. The van der Waals surface area contributed by atoms with Gasteiger partial charge in [-0.25, -0.2) is 0 Å². The lowest BCUT2D eigenvalue weighted by Gasteiger charge is -2.52. The second-order valence-electron chi connectivity index (χ2n) is 21.2. The van der Waals surface area contributed by atoms with Crippen molar-refractivity contribution in [2.24, 2.45) is 0 Å². The van der Waals surface area contributed by atoms with Crippen molar-refractivity contribution in [2.45, 2.75) is 159 Å². The molecule has 1 spiro atoms. The number of carbonyl (C=O) groups excluding carboxylic acids is 2. The highest BCUT2D eigenvalue weighted by Crippen LogP contribution is 2.65. The number of aliphatic hydroxyl groups is 2. The fraction of sp³-hybridized carbons (Fsp3) is 0.617. The average molecular weight is 893 g/mol. The first-order valence-corrected chi connectivity index (χ1v) is 26.4. The van der Waals surface area contributed by atoms with Gasteiger partial charge in [-0.05, 0) is 59.3 Å². The predicted octanol–water partition coefficient (Wildman–Crippen LogP) is 8.21. The van der Waals surface area contributed by atoms with E-state index in [2.05, 4.69) is 75.4 Å². The Hall–Kier alpha value is -3.23. The molecule has 13 nitrogen and oxygen atoms in total. The highest BCUT2D eigenvalue weighted by Gasteiger charge is 2.84. The van der Waals surface area contributed by atoms with E-state index in [1.165, 1.54) is 7.11 Å². The largest absolute Gasteiger partial charge is 0.510 e. The molecule has 8 rings (SSSR count). The molecular weight excluding hydrogens is 829 g/mol. The third kappa shape index (κ3) is 6.43. The molecule has 0 radical (unpaired) electrons. The number of rotatable bonds is 11. The molecule has 7 atom stereocenters. The van der Waals surface area contributed by atoms with Crippen molar-refractivity contribution in [3.8, 4) is 17.2 Å². The highest BCUT2D eigenvalue weighted by molar-refractivity contribution is 6.75. The number of epoxide rings is 1. The number of hydrogen-bond acceptors (Lipinski definition) is 13. The van der Waals surface area contributed by atoms with E-state index >= 15 is 4.79 Å². The normalized spacial score (nSPS) is 28.3. The van der Waals surface area contributed by atoms with Gasteiger partial charge >= 0.3 is 8.56 Å². The van der Waals surface area contributed by atoms with Gasteiger partial charge in [0.1, 0.15) is 35.6 Å². The van der Waals surface area contributed by atoms with Gasteiger partial charge in [0.25, 0.3) is 0 Å². The van der Waals surface area contributed by atoms with Gasteiger partial charge in [0.05, 0.1) is 50.6 Å². The van der Waals surface area contributed by atoms with Crippen molar-refractivity contribution in [2.75, 3.05) is 27.4 Å². The maximum absolute atomic E-state index is 15.6. The fourth-order valence-corrected chi connectivity index (χ4v) is 15.9. The third-order valence-electron chi connectivity index (χ3n) is 14.4. The minimum Gasteiger partial charge on any atom is -0.510 e. The van der Waals surface area contributed by atoms with E-state index in [1.54, 1.807) is 7.11 Å². The van der Waals surface area contributed by atoms with E-state index in [1.807, 2.05) is 37.3 Å². The van der Waals surface area contributed by atoms with Crippen LogP contribution in [-0.4, -0.2) is 95.8 Å². The molecule has 5 unspecified atom stereocenters. The molecule has 4 heterocycles. The van der Waals surface area contributed by atoms with Crippen LogP contribution in [0.1, 0.15) is 119 Å². The molecule has 2 N–H and O–H groups in total. The van der Waals surface area contributed by atoms with Gasteiger partial charge in [-0.2, -0.15) is 0 Å². The Bertz CT molecular complexity index is 2280. The van der Waals surface area contributed by atoms with Gasteiger partial charge in [-0.1, -0.05) is 80.5 Å². The zero-order valence-corrected chi connectivity index (χ0v) is 40.7. The Kier molecular flexibility index (Phi) is 10.9. The summed E-state index contributed by atoms with van der Waals surface area (Å²) in [5.41, 5.74) is 2.18. The van der Waals surface area contributed by atoms with Crippen LogP contribution < -0.4 is 13.6 Å². The second kappa shape index (κ2) is 14.9. The smallest absolute Gasteiger partial charge is 0.471 e. The molecule has 0 amide bonds. The maximum Gasteiger partial charge on any atom is 0.471 e. The van der Waals surface area contributed by atoms with E-state index in [0.717, 1.165) is 11.3 Å². The summed E-state index contributed by atoms with van der Waals surface area (Å²) in [5.74, 6) is -0.749. The average Bonchev–Trinajstić information content (AvgIpc) is 3.86. The lowest BCUT2D eigenvalue weighted by atomic mass is 9.78. The topological polar surface area (TPSA) is 161 Å². The number of ketones is 2. The minimum absolute atomic E-state index is 0.0744. The number of hydrogen-bond donors (Lipinski definition) is 2. The molecular formula is C47H64O13Si2. The summed E-state index contributed by atoms with van der Waals surface area (Å²) in [6.07, 6.45) is -4.45. The van der Waals surface area contributed by atoms with E-state index in [4.69, 9.17) is 41.7 Å². The molecule has 5 aliphatic rings.